The minimum absolute atomic E-state index is 0.593. The van der Waals surface area contributed by atoms with Gasteiger partial charge in [0, 0.05) is 0 Å². The number of hydrogen-bond acceptors (Lipinski definition) is 4. The van der Waals surface area contributed by atoms with Gasteiger partial charge >= 0.3 is 154 Å². The second-order valence-corrected chi connectivity index (χ2v) is 12.1. The SMILES string of the molecule is CCC(CCC[N]1CC[N](CCCC(CC)N(C)C)[GaH]1)N(C)C. The molecule has 0 aromatic rings. The zero-order valence-electron chi connectivity index (χ0n) is 16.7. The van der Waals surface area contributed by atoms with Gasteiger partial charge in [-0.15, -0.1) is 0 Å². The van der Waals surface area contributed by atoms with Gasteiger partial charge in [-0.2, -0.15) is 0 Å². The number of hydrogen-bond donors (Lipinski definition) is 0. The van der Waals surface area contributed by atoms with Crippen molar-refractivity contribution in [2.75, 3.05) is 54.4 Å². The van der Waals surface area contributed by atoms with Crippen LogP contribution in [0.3, 0.4) is 0 Å². The van der Waals surface area contributed by atoms with E-state index in [-0.39, 0.29) is 0 Å². The molecule has 1 fully saturated rings. The number of nitrogens with zero attached hydrogens (tertiary/aromatic N) is 4. The summed E-state index contributed by atoms with van der Waals surface area (Å²) in [7, 11) is 8.89. The molecule has 1 rings (SSSR count). The Morgan fingerprint density at radius 1 is 0.783 bits per heavy atom. The minimum atomic E-state index is -0.593. The summed E-state index contributed by atoms with van der Waals surface area (Å²) in [5, 5.41) is 0. The molecule has 1 aliphatic heterocycles. The predicted octanol–water partition coefficient (Wildman–Crippen LogP) is 2.11. The van der Waals surface area contributed by atoms with Crippen molar-refractivity contribution in [1.29, 1.82) is 0 Å². The van der Waals surface area contributed by atoms with E-state index in [1.54, 1.807) is 0 Å². The fourth-order valence-electron chi connectivity index (χ4n) is 3.83. The van der Waals surface area contributed by atoms with Crippen LogP contribution < -0.4 is 0 Å². The first-order chi connectivity index (χ1) is 11.0. The summed E-state index contributed by atoms with van der Waals surface area (Å²) >= 11 is -0.593. The molecule has 0 radical (unpaired) electrons. The van der Waals surface area contributed by atoms with E-state index in [2.05, 4.69) is 59.1 Å². The van der Waals surface area contributed by atoms with E-state index < -0.39 is 17.9 Å². The van der Waals surface area contributed by atoms with Crippen LogP contribution in [-0.2, 0) is 0 Å². The van der Waals surface area contributed by atoms with Crippen molar-refractivity contribution in [2.24, 2.45) is 0 Å². The van der Waals surface area contributed by atoms with Gasteiger partial charge in [0.2, 0.25) is 0 Å². The van der Waals surface area contributed by atoms with Crippen molar-refractivity contribution < 1.29 is 0 Å². The summed E-state index contributed by atoms with van der Waals surface area (Å²) in [6, 6.07) is 1.55. The second-order valence-electron chi connectivity index (χ2n) is 7.71. The van der Waals surface area contributed by atoms with E-state index in [4.69, 9.17) is 0 Å². The fourth-order valence-corrected chi connectivity index (χ4v) is 7.73. The molecule has 1 heterocycles. The molecule has 2 atom stereocenters. The van der Waals surface area contributed by atoms with Gasteiger partial charge < -0.3 is 0 Å². The van der Waals surface area contributed by atoms with Crippen LogP contribution in [0.25, 0.3) is 0 Å². The van der Waals surface area contributed by atoms with Crippen molar-refractivity contribution in [1.82, 2.24) is 17.0 Å². The monoisotopic (exact) mass is 382 g/mol. The fraction of sp³-hybridized carbons (Fsp3) is 1.00. The molecule has 136 valence electrons. The van der Waals surface area contributed by atoms with Gasteiger partial charge in [-0.25, -0.2) is 0 Å². The Morgan fingerprint density at radius 3 is 1.48 bits per heavy atom. The third-order valence-corrected chi connectivity index (χ3v) is 9.89. The first-order valence-electron chi connectivity index (χ1n) is 9.75. The van der Waals surface area contributed by atoms with E-state index in [0.717, 1.165) is 12.1 Å². The van der Waals surface area contributed by atoms with E-state index in [1.165, 1.54) is 64.7 Å². The third-order valence-electron chi connectivity index (χ3n) is 5.56. The van der Waals surface area contributed by atoms with E-state index >= 15 is 0 Å². The molecular formula is C18H41GaN4. The summed E-state index contributed by atoms with van der Waals surface area (Å²) < 4.78 is 5.66. The molecule has 0 amide bonds. The summed E-state index contributed by atoms with van der Waals surface area (Å²) in [6.45, 7) is 10.0. The molecule has 1 saturated heterocycles. The van der Waals surface area contributed by atoms with Gasteiger partial charge in [0.15, 0.2) is 0 Å². The van der Waals surface area contributed by atoms with Crippen LogP contribution in [0.2, 0.25) is 0 Å². The Kier molecular flexibility index (Phi) is 11.2. The van der Waals surface area contributed by atoms with Crippen molar-refractivity contribution >= 4 is 17.9 Å². The van der Waals surface area contributed by atoms with Crippen molar-refractivity contribution in [3.8, 4) is 0 Å². The molecule has 0 aliphatic carbocycles. The van der Waals surface area contributed by atoms with Crippen molar-refractivity contribution in [3.63, 3.8) is 0 Å². The molecule has 0 aromatic heterocycles. The summed E-state index contributed by atoms with van der Waals surface area (Å²) in [6.07, 6.45) is 8.06. The Morgan fingerprint density at radius 2 is 1.17 bits per heavy atom. The van der Waals surface area contributed by atoms with Crippen LogP contribution in [-0.4, -0.2) is 101 Å². The molecule has 23 heavy (non-hydrogen) atoms. The molecule has 5 heteroatoms. The average Bonchev–Trinajstić information content (AvgIpc) is 2.95. The van der Waals surface area contributed by atoms with Crippen LogP contribution in [0.15, 0.2) is 0 Å². The predicted molar refractivity (Wildman–Crippen MR) is 104 cm³/mol. The zero-order chi connectivity index (χ0) is 17.2. The van der Waals surface area contributed by atoms with Gasteiger partial charge in [0.25, 0.3) is 0 Å². The van der Waals surface area contributed by atoms with Crippen molar-refractivity contribution in [2.45, 2.75) is 64.5 Å². The van der Waals surface area contributed by atoms with E-state index in [9.17, 15) is 0 Å². The maximum atomic E-state index is 2.83. The molecule has 0 aromatic carbocycles. The molecular weight excluding hydrogens is 342 g/mol. The molecule has 4 nitrogen and oxygen atoms in total. The van der Waals surface area contributed by atoms with Crippen LogP contribution in [0, 0.1) is 0 Å². The van der Waals surface area contributed by atoms with E-state index in [0.29, 0.717) is 0 Å². The third kappa shape index (κ3) is 8.41. The topological polar surface area (TPSA) is 13.0 Å². The number of rotatable bonds is 12. The van der Waals surface area contributed by atoms with Crippen molar-refractivity contribution in [3.05, 3.63) is 0 Å². The van der Waals surface area contributed by atoms with Gasteiger partial charge in [0.05, 0.1) is 0 Å². The van der Waals surface area contributed by atoms with Crippen LogP contribution in [0.1, 0.15) is 52.4 Å². The van der Waals surface area contributed by atoms with Gasteiger partial charge in [-0.1, -0.05) is 0 Å². The van der Waals surface area contributed by atoms with Crippen LogP contribution in [0.4, 0.5) is 0 Å². The van der Waals surface area contributed by atoms with Gasteiger partial charge in [-0.05, 0) is 0 Å². The maximum absolute atomic E-state index is 2.83. The molecule has 1 aliphatic rings. The standard InChI is InChI=1S/C18H40N4.Ga.H/c1-7-17(21(3)4)11-9-13-19-15-16-20-14-10-12-18(8-2)22(5)6;;/h17-18H,7-16H2,1-6H3;;/q-2;+2;. The molecule has 2 unspecified atom stereocenters. The molecule has 0 spiro atoms. The first kappa shape index (κ1) is 21.5. The Bertz CT molecular complexity index is 271. The van der Waals surface area contributed by atoms with Gasteiger partial charge in [-0.3, -0.25) is 0 Å². The summed E-state index contributed by atoms with van der Waals surface area (Å²) in [5.74, 6) is 0. The van der Waals surface area contributed by atoms with Crippen LogP contribution >= 0.6 is 0 Å². The molecule has 0 bridgehead atoms. The second kappa shape index (κ2) is 11.9. The Hall–Kier alpha value is 0.476. The Labute approximate surface area is 153 Å². The average molecular weight is 383 g/mol. The van der Waals surface area contributed by atoms with E-state index in [1.807, 2.05) is 0 Å². The molecule has 0 saturated carbocycles. The zero-order valence-corrected chi connectivity index (χ0v) is 19.7. The molecule has 0 N–H and O–H groups in total. The van der Waals surface area contributed by atoms with Gasteiger partial charge in [0.1, 0.15) is 0 Å². The Balaban J connectivity index is 2.13. The quantitative estimate of drug-likeness (QED) is 0.479. The summed E-state index contributed by atoms with van der Waals surface area (Å²) in [5.41, 5.74) is 0. The normalized spacial score (nSPS) is 19.5. The first-order valence-corrected chi connectivity index (χ1v) is 12.4. The summed E-state index contributed by atoms with van der Waals surface area (Å²) in [4.78, 5) is 4.79. The van der Waals surface area contributed by atoms with Crippen LogP contribution in [0.5, 0.6) is 0 Å².